The topological polar surface area (TPSA) is 62.3 Å². The second-order valence-electron chi connectivity index (χ2n) is 4.24. The molecule has 1 aromatic rings. The molecule has 1 aliphatic rings. The van der Waals surface area contributed by atoms with Crippen molar-refractivity contribution in [1.82, 2.24) is 14.6 Å². The van der Waals surface area contributed by atoms with Crippen LogP contribution in [0.3, 0.4) is 0 Å². The molecule has 0 bridgehead atoms. The molecule has 0 aliphatic carbocycles. The first-order valence-electron chi connectivity index (χ1n) is 5.66. The fraction of sp³-hybridized carbons (Fsp3) is 0.545. The van der Waals surface area contributed by atoms with Crippen molar-refractivity contribution in [2.24, 2.45) is 0 Å². The standard InChI is InChI=1S/C11H17N3O2S/c1-14(9-10-4-2-3-6-13-10)17(15,16)11-5-7-12-8-11/h2-4,6,11-12H,5,7-9H2,1H3. The highest BCUT2D eigenvalue weighted by Crippen LogP contribution is 2.15. The number of pyridine rings is 1. The van der Waals surface area contributed by atoms with Crippen molar-refractivity contribution in [3.63, 3.8) is 0 Å². The van der Waals surface area contributed by atoms with Gasteiger partial charge >= 0.3 is 0 Å². The largest absolute Gasteiger partial charge is 0.315 e. The maximum absolute atomic E-state index is 12.2. The molecule has 1 fully saturated rings. The van der Waals surface area contributed by atoms with Crippen LogP contribution in [0.5, 0.6) is 0 Å². The molecule has 1 atom stereocenters. The molecule has 0 saturated carbocycles. The van der Waals surface area contributed by atoms with Crippen LogP contribution in [0.25, 0.3) is 0 Å². The highest BCUT2D eigenvalue weighted by Gasteiger charge is 2.32. The fourth-order valence-corrected chi connectivity index (χ4v) is 3.51. The van der Waals surface area contributed by atoms with Crippen LogP contribution in [0.1, 0.15) is 12.1 Å². The third-order valence-corrected chi connectivity index (χ3v) is 5.22. The van der Waals surface area contributed by atoms with Gasteiger partial charge < -0.3 is 5.32 Å². The molecule has 17 heavy (non-hydrogen) atoms. The zero-order chi connectivity index (χ0) is 12.3. The SMILES string of the molecule is CN(Cc1ccccn1)S(=O)(=O)C1CCNC1. The van der Waals surface area contributed by atoms with E-state index in [9.17, 15) is 8.42 Å². The molecule has 94 valence electrons. The minimum Gasteiger partial charge on any atom is -0.315 e. The van der Waals surface area contributed by atoms with Crippen LogP contribution in [0.15, 0.2) is 24.4 Å². The number of aromatic nitrogens is 1. The first kappa shape index (κ1) is 12.5. The van der Waals surface area contributed by atoms with E-state index in [1.54, 1.807) is 13.2 Å². The van der Waals surface area contributed by atoms with E-state index in [-0.39, 0.29) is 5.25 Å². The lowest BCUT2D eigenvalue weighted by molar-refractivity contribution is 0.452. The van der Waals surface area contributed by atoms with Crippen molar-refractivity contribution in [1.29, 1.82) is 0 Å². The predicted molar refractivity (Wildman–Crippen MR) is 65.9 cm³/mol. The molecular formula is C11H17N3O2S. The Morgan fingerprint density at radius 3 is 2.94 bits per heavy atom. The minimum atomic E-state index is -3.21. The van der Waals surface area contributed by atoms with E-state index in [1.165, 1.54) is 4.31 Å². The lowest BCUT2D eigenvalue weighted by Crippen LogP contribution is -2.37. The average Bonchev–Trinajstić information content (AvgIpc) is 2.84. The van der Waals surface area contributed by atoms with E-state index < -0.39 is 10.0 Å². The maximum Gasteiger partial charge on any atom is 0.218 e. The van der Waals surface area contributed by atoms with Gasteiger partial charge in [0.2, 0.25) is 10.0 Å². The molecule has 6 heteroatoms. The van der Waals surface area contributed by atoms with Crippen LogP contribution in [0.2, 0.25) is 0 Å². The monoisotopic (exact) mass is 255 g/mol. The summed E-state index contributed by atoms with van der Waals surface area (Å²) in [4.78, 5) is 4.14. The number of hydrogen-bond acceptors (Lipinski definition) is 4. The maximum atomic E-state index is 12.2. The normalized spacial score (nSPS) is 20.9. The van der Waals surface area contributed by atoms with Crippen LogP contribution in [-0.2, 0) is 16.6 Å². The lowest BCUT2D eigenvalue weighted by Gasteiger charge is -2.20. The molecule has 1 N–H and O–H groups in total. The zero-order valence-corrected chi connectivity index (χ0v) is 10.7. The van der Waals surface area contributed by atoms with Gasteiger partial charge in [0, 0.05) is 19.8 Å². The van der Waals surface area contributed by atoms with Gasteiger partial charge in [-0.3, -0.25) is 4.98 Å². The highest BCUT2D eigenvalue weighted by molar-refractivity contribution is 7.89. The van der Waals surface area contributed by atoms with E-state index in [2.05, 4.69) is 10.3 Å². The Hall–Kier alpha value is -0.980. The predicted octanol–water partition coefficient (Wildman–Crippen LogP) is 0.205. The Bertz CT molecular complexity index is 455. The van der Waals surface area contributed by atoms with Crippen LogP contribution < -0.4 is 5.32 Å². The van der Waals surface area contributed by atoms with Crippen molar-refractivity contribution in [2.75, 3.05) is 20.1 Å². The number of nitrogens with one attached hydrogen (secondary N) is 1. The molecule has 5 nitrogen and oxygen atoms in total. The molecule has 1 unspecified atom stereocenters. The first-order chi connectivity index (χ1) is 8.10. The van der Waals surface area contributed by atoms with E-state index in [0.717, 1.165) is 12.2 Å². The molecule has 2 heterocycles. The Morgan fingerprint density at radius 1 is 1.53 bits per heavy atom. The summed E-state index contributed by atoms with van der Waals surface area (Å²) in [6, 6.07) is 5.51. The van der Waals surface area contributed by atoms with Gasteiger partial charge in [0.25, 0.3) is 0 Å². The molecular weight excluding hydrogens is 238 g/mol. The number of sulfonamides is 1. The van der Waals surface area contributed by atoms with Crippen LogP contribution in [0, 0.1) is 0 Å². The zero-order valence-electron chi connectivity index (χ0n) is 9.83. The molecule has 0 radical (unpaired) electrons. The average molecular weight is 255 g/mol. The summed E-state index contributed by atoms with van der Waals surface area (Å²) in [5.74, 6) is 0. The van der Waals surface area contributed by atoms with Gasteiger partial charge in [0.05, 0.1) is 17.5 Å². The van der Waals surface area contributed by atoms with Crippen LogP contribution >= 0.6 is 0 Å². The molecule has 2 rings (SSSR count). The van der Waals surface area contributed by atoms with Crippen molar-refractivity contribution in [2.45, 2.75) is 18.2 Å². The van der Waals surface area contributed by atoms with Gasteiger partial charge in [-0.1, -0.05) is 6.07 Å². The Balaban J connectivity index is 2.06. The van der Waals surface area contributed by atoms with E-state index >= 15 is 0 Å². The van der Waals surface area contributed by atoms with Gasteiger partial charge in [-0.2, -0.15) is 4.31 Å². The summed E-state index contributed by atoms with van der Waals surface area (Å²) in [7, 11) is -1.59. The van der Waals surface area contributed by atoms with Crippen LogP contribution in [0.4, 0.5) is 0 Å². The van der Waals surface area contributed by atoms with E-state index in [4.69, 9.17) is 0 Å². The van der Waals surface area contributed by atoms with Crippen molar-refractivity contribution in [3.8, 4) is 0 Å². The minimum absolute atomic E-state index is 0.295. The summed E-state index contributed by atoms with van der Waals surface area (Å²) in [6.45, 7) is 1.66. The molecule has 0 aromatic carbocycles. The first-order valence-corrected chi connectivity index (χ1v) is 7.17. The van der Waals surface area contributed by atoms with Crippen LogP contribution in [-0.4, -0.2) is 43.1 Å². The summed E-state index contributed by atoms with van der Waals surface area (Å²) in [6.07, 6.45) is 2.36. The van der Waals surface area contributed by atoms with Crippen molar-refractivity contribution < 1.29 is 8.42 Å². The molecule has 1 aliphatic heterocycles. The fourth-order valence-electron chi connectivity index (χ4n) is 1.95. The molecule has 0 spiro atoms. The van der Waals surface area contributed by atoms with Gasteiger partial charge in [-0.05, 0) is 25.1 Å². The van der Waals surface area contributed by atoms with Crippen molar-refractivity contribution in [3.05, 3.63) is 30.1 Å². The number of rotatable bonds is 4. The van der Waals surface area contributed by atoms with Gasteiger partial charge in [-0.15, -0.1) is 0 Å². The Kier molecular flexibility index (Phi) is 3.76. The Morgan fingerprint density at radius 2 is 2.35 bits per heavy atom. The third-order valence-electron chi connectivity index (χ3n) is 2.98. The molecule has 0 amide bonds. The Labute approximate surface area is 102 Å². The van der Waals surface area contributed by atoms with E-state index in [0.29, 0.717) is 19.5 Å². The van der Waals surface area contributed by atoms with E-state index in [1.807, 2.05) is 18.2 Å². The lowest BCUT2D eigenvalue weighted by atomic mass is 10.3. The smallest absolute Gasteiger partial charge is 0.218 e. The quantitative estimate of drug-likeness (QED) is 0.835. The third kappa shape index (κ3) is 2.83. The van der Waals surface area contributed by atoms with Gasteiger partial charge in [0.1, 0.15) is 0 Å². The molecule has 1 aromatic heterocycles. The van der Waals surface area contributed by atoms with Crippen molar-refractivity contribution >= 4 is 10.0 Å². The highest BCUT2D eigenvalue weighted by atomic mass is 32.2. The van der Waals surface area contributed by atoms with Gasteiger partial charge in [-0.25, -0.2) is 8.42 Å². The molecule has 1 saturated heterocycles. The summed E-state index contributed by atoms with van der Waals surface area (Å²) < 4.78 is 25.8. The van der Waals surface area contributed by atoms with Gasteiger partial charge in [0.15, 0.2) is 0 Å². The summed E-state index contributed by atoms with van der Waals surface area (Å²) in [5, 5.41) is 2.78. The number of hydrogen-bond donors (Lipinski definition) is 1. The summed E-state index contributed by atoms with van der Waals surface area (Å²) in [5.41, 5.74) is 0.768. The number of nitrogens with zero attached hydrogens (tertiary/aromatic N) is 2. The summed E-state index contributed by atoms with van der Waals surface area (Å²) >= 11 is 0. The second kappa shape index (κ2) is 5.12. The second-order valence-corrected chi connectivity index (χ2v) is 6.56.